The molecule has 1 aliphatic carbocycles. The molecule has 1 unspecified atom stereocenters. The summed E-state index contributed by atoms with van der Waals surface area (Å²) in [6.45, 7) is 4.26. The maximum absolute atomic E-state index is 12.2. The number of nitrogens with one attached hydrogen (secondary N) is 2. The van der Waals surface area contributed by atoms with Crippen LogP contribution in [0.1, 0.15) is 29.5 Å². The third-order valence-corrected chi connectivity index (χ3v) is 4.81. The lowest BCUT2D eigenvalue weighted by Crippen LogP contribution is -2.43. The zero-order chi connectivity index (χ0) is 17.2. The first-order valence-corrected chi connectivity index (χ1v) is 8.39. The Morgan fingerprint density at radius 2 is 1.83 bits per heavy atom. The Kier molecular flexibility index (Phi) is 4.58. The first-order chi connectivity index (χ1) is 11.5. The van der Waals surface area contributed by atoms with Gasteiger partial charge in [0, 0.05) is 5.69 Å². The van der Waals surface area contributed by atoms with Crippen LogP contribution >= 0.6 is 0 Å². The van der Waals surface area contributed by atoms with E-state index in [4.69, 9.17) is 0 Å². The van der Waals surface area contributed by atoms with Gasteiger partial charge in [-0.05, 0) is 61.4 Å². The Hall–Kier alpha value is -2.33. The van der Waals surface area contributed by atoms with E-state index < -0.39 is 5.60 Å². The minimum atomic E-state index is -0.998. The number of aryl methyl sites for hydroxylation is 2. The predicted molar refractivity (Wildman–Crippen MR) is 96.0 cm³/mol. The maximum Gasteiger partial charge on any atom is 0.319 e. The summed E-state index contributed by atoms with van der Waals surface area (Å²) in [5, 5.41) is 16.7. The van der Waals surface area contributed by atoms with Crippen LogP contribution in [-0.4, -0.2) is 17.7 Å². The summed E-state index contributed by atoms with van der Waals surface area (Å²) in [6, 6.07) is 15.1. The van der Waals surface area contributed by atoms with E-state index in [1.807, 2.05) is 62.4 Å². The second-order valence-electron chi connectivity index (χ2n) is 6.67. The van der Waals surface area contributed by atoms with Crippen LogP contribution in [0.25, 0.3) is 0 Å². The van der Waals surface area contributed by atoms with Gasteiger partial charge in [0.25, 0.3) is 0 Å². The van der Waals surface area contributed by atoms with E-state index in [1.165, 1.54) is 5.56 Å². The van der Waals surface area contributed by atoms with Crippen molar-refractivity contribution < 1.29 is 9.90 Å². The van der Waals surface area contributed by atoms with Crippen molar-refractivity contribution in [2.75, 3.05) is 11.9 Å². The molecule has 126 valence electrons. The zero-order valence-electron chi connectivity index (χ0n) is 14.2. The predicted octanol–water partition coefficient (Wildman–Crippen LogP) is 3.72. The van der Waals surface area contributed by atoms with Crippen molar-refractivity contribution >= 4 is 11.7 Å². The van der Waals surface area contributed by atoms with Crippen LogP contribution < -0.4 is 10.6 Å². The van der Waals surface area contributed by atoms with Crippen molar-refractivity contribution in [1.82, 2.24) is 5.32 Å². The van der Waals surface area contributed by atoms with Gasteiger partial charge in [-0.3, -0.25) is 0 Å². The highest BCUT2D eigenvalue weighted by molar-refractivity contribution is 5.89. The second kappa shape index (κ2) is 6.65. The quantitative estimate of drug-likeness (QED) is 0.785. The lowest BCUT2D eigenvalue weighted by molar-refractivity contribution is 0.0164. The highest BCUT2D eigenvalue weighted by Gasteiger charge is 2.45. The number of benzene rings is 2. The molecule has 0 spiro atoms. The molecular formula is C20H24N2O2. The van der Waals surface area contributed by atoms with Gasteiger partial charge in [0.05, 0.1) is 6.54 Å². The molecule has 0 aliphatic heterocycles. The van der Waals surface area contributed by atoms with Gasteiger partial charge in [0.15, 0.2) is 0 Å². The fourth-order valence-electron chi connectivity index (χ4n) is 2.98. The van der Waals surface area contributed by atoms with Gasteiger partial charge in [-0.15, -0.1) is 0 Å². The highest BCUT2D eigenvalue weighted by atomic mass is 16.3. The van der Waals surface area contributed by atoms with E-state index in [2.05, 4.69) is 10.6 Å². The Morgan fingerprint density at radius 3 is 2.46 bits per heavy atom. The van der Waals surface area contributed by atoms with Gasteiger partial charge in [0.2, 0.25) is 0 Å². The van der Waals surface area contributed by atoms with Crippen LogP contribution in [0, 0.1) is 19.8 Å². The molecule has 1 atom stereocenters. The Bertz CT molecular complexity index is 726. The fraction of sp³-hybridized carbons (Fsp3) is 0.350. The number of anilines is 1. The molecule has 2 aromatic rings. The lowest BCUT2D eigenvalue weighted by Gasteiger charge is -2.29. The van der Waals surface area contributed by atoms with Crippen molar-refractivity contribution in [3.05, 3.63) is 65.2 Å². The SMILES string of the molecule is Cc1ccc(NC(=O)NCC(O)(c2ccccc2)C2CC2)cc1C. The fourth-order valence-corrected chi connectivity index (χ4v) is 2.98. The number of carbonyl (C=O) groups is 1. The van der Waals surface area contributed by atoms with Gasteiger partial charge in [-0.25, -0.2) is 4.79 Å². The van der Waals surface area contributed by atoms with Crippen LogP contribution in [0.2, 0.25) is 0 Å². The van der Waals surface area contributed by atoms with E-state index in [-0.39, 0.29) is 18.5 Å². The van der Waals surface area contributed by atoms with Crippen LogP contribution in [0.3, 0.4) is 0 Å². The largest absolute Gasteiger partial charge is 0.383 e. The molecule has 0 aromatic heterocycles. The van der Waals surface area contributed by atoms with Crippen LogP contribution in [0.5, 0.6) is 0 Å². The van der Waals surface area contributed by atoms with Crippen molar-refractivity contribution in [1.29, 1.82) is 0 Å². The second-order valence-corrected chi connectivity index (χ2v) is 6.67. The van der Waals surface area contributed by atoms with E-state index in [0.29, 0.717) is 0 Å². The minimum Gasteiger partial charge on any atom is -0.383 e. The molecular weight excluding hydrogens is 300 g/mol. The minimum absolute atomic E-state index is 0.207. The summed E-state index contributed by atoms with van der Waals surface area (Å²) in [4.78, 5) is 12.2. The number of urea groups is 1. The molecule has 4 heteroatoms. The first kappa shape index (κ1) is 16.5. The summed E-state index contributed by atoms with van der Waals surface area (Å²) in [5.41, 5.74) is 2.94. The molecule has 3 N–H and O–H groups in total. The molecule has 1 aliphatic rings. The van der Waals surface area contributed by atoms with Crippen molar-refractivity contribution in [3.8, 4) is 0 Å². The van der Waals surface area contributed by atoms with Crippen LogP contribution in [0.15, 0.2) is 48.5 Å². The number of rotatable bonds is 5. The highest BCUT2D eigenvalue weighted by Crippen LogP contribution is 2.45. The molecule has 4 nitrogen and oxygen atoms in total. The monoisotopic (exact) mass is 324 g/mol. The van der Waals surface area contributed by atoms with Crippen LogP contribution in [-0.2, 0) is 5.60 Å². The Balaban J connectivity index is 1.64. The van der Waals surface area contributed by atoms with Gasteiger partial charge >= 0.3 is 6.03 Å². The Morgan fingerprint density at radius 1 is 1.12 bits per heavy atom. The van der Waals surface area contributed by atoms with Crippen LogP contribution in [0.4, 0.5) is 10.5 Å². The average molecular weight is 324 g/mol. The summed E-state index contributed by atoms with van der Waals surface area (Å²) in [6.07, 6.45) is 1.98. The van der Waals surface area contributed by atoms with E-state index in [1.54, 1.807) is 0 Å². The molecule has 0 heterocycles. The zero-order valence-corrected chi connectivity index (χ0v) is 14.2. The summed E-state index contributed by atoms with van der Waals surface area (Å²) in [7, 11) is 0. The molecule has 1 fully saturated rings. The van der Waals surface area contributed by atoms with E-state index in [0.717, 1.165) is 29.7 Å². The molecule has 0 bridgehead atoms. The number of carbonyl (C=O) groups excluding carboxylic acids is 1. The van der Waals surface area contributed by atoms with E-state index in [9.17, 15) is 9.90 Å². The van der Waals surface area contributed by atoms with Crippen molar-refractivity contribution in [2.45, 2.75) is 32.3 Å². The third kappa shape index (κ3) is 3.60. The third-order valence-electron chi connectivity index (χ3n) is 4.81. The topological polar surface area (TPSA) is 61.4 Å². The van der Waals surface area contributed by atoms with Gasteiger partial charge in [-0.1, -0.05) is 36.4 Å². The molecule has 2 aromatic carbocycles. The summed E-state index contributed by atoms with van der Waals surface area (Å²) >= 11 is 0. The normalized spacial score (nSPS) is 16.3. The standard InChI is InChI=1S/C20H24N2O2/c1-14-8-11-18(12-15(14)2)22-19(23)21-13-20(24,17-9-10-17)16-6-4-3-5-7-16/h3-8,11-12,17,24H,9-10,13H2,1-2H3,(H2,21,22,23). The molecule has 24 heavy (non-hydrogen) atoms. The van der Waals surface area contributed by atoms with E-state index >= 15 is 0 Å². The van der Waals surface area contributed by atoms with Gasteiger partial charge < -0.3 is 15.7 Å². The van der Waals surface area contributed by atoms with Gasteiger partial charge in [-0.2, -0.15) is 0 Å². The summed E-state index contributed by atoms with van der Waals surface area (Å²) in [5.74, 6) is 0.210. The number of amides is 2. The first-order valence-electron chi connectivity index (χ1n) is 8.39. The molecule has 2 amide bonds. The molecule has 3 rings (SSSR count). The molecule has 1 saturated carbocycles. The number of hydrogen-bond acceptors (Lipinski definition) is 2. The Labute approximate surface area is 142 Å². The molecule has 0 radical (unpaired) electrons. The molecule has 0 saturated heterocycles. The number of aliphatic hydroxyl groups is 1. The average Bonchev–Trinajstić information content (AvgIpc) is 3.42. The lowest BCUT2D eigenvalue weighted by atomic mass is 9.89. The van der Waals surface area contributed by atoms with Crippen molar-refractivity contribution in [2.24, 2.45) is 5.92 Å². The van der Waals surface area contributed by atoms with Gasteiger partial charge in [0.1, 0.15) is 5.60 Å². The summed E-state index contributed by atoms with van der Waals surface area (Å²) < 4.78 is 0. The smallest absolute Gasteiger partial charge is 0.319 e. The maximum atomic E-state index is 12.2. The van der Waals surface area contributed by atoms with Crippen molar-refractivity contribution in [3.63, 3.8) is 0 Å². The number of hydrogen-bond donors (Lipinski definition) is 3.